The number of rotatable bonds is 8. The number of hydrogen-bond acceptors (Lipinski definition) is 4. The first-order chi connectivity index (χ1) is 8.27. The van der Waals surface area contributed by atoms with Gasteiger partial charge in [0, 0.05) is 19.7 Å². The van der Waals surface area contributed by atoms with Crippen LogP contribution < -0.4 is 11.1 Å². The van der Waals surface area contributed by atoms with Gasteiger partial charge in [-0.05, 0) is 19.3 Å². The van der Waals surface area contributed by atoms with E-state index in [1.165, 1.54) is 0 Å². The molecular formula is C12H24N2O3. The third kappa shape index (κ3) is 5.48. The highest BCUT2D eigenvalue weighted by Crippen LogP contribution is 2.18. The Morgan fingerprint density at radius 2 is 2.29 bits per heavy atom. The fourth-order valence-corrected chi connectivity index (χ4v) is 1.78. The van der Waals surface area contributed by atoms with Crippen LogP contribution in [-0.4, -0.2) is 44.4 Å². The van der Waals surface area contributed by atoms with Crippen molar-refractivity contribution in [1.29, 1.82) is 0 Å². The van der Waals surface area contributed by atoms with Gasteiger partial charge in [0.05, 0.1) is 12.7 Å². The second kappa shape index (κ2) is 8.44. The summed E-state index contributed by atoms with van der Waals surface area (Å²) in [5, 5.41) is 2.82. The van der Waals surface area contributed by atoms with Crippen LogP contribution in [0.5, 0.6) is 0 Å². The summed E-state index contributed by atoms with van der Waals surface area (Å²) in [5.41, 5.74) is 5.49. The van der Waals surface area contributed by atoms with E-state index in [4.69, 9.17) is 15.2 Å². The van der Waals surface area contributed by atoms with Gasteiger partial charge in [0.1, 0.15) is 6.10 Å². The van der Waals surface area contributed by atoms with E-state index in [9.17, 15) is 4.79 Å². The number of nitrogens with one attached hydrogen (secondary N) is 1. The van der Waals surface area contributed by atoms with Crippen molar-refractivity contribution in [1.82, 2.24) is 5.32 Å². The lowest BCUT2D eigenvalue weighted by Gasteiger charge is -2.12. The standard InChI is InChI=1S/C12H24N2O3/c1-2-3-7-16-8-6-14-12(15)11-5-4-10(9-13)17-11/h10-11H,2-9,13H2,1H3,(H,14,15). The molecule has 1 amide bonds. The SMILES string of the molecule is CCCCOCCNC(=O)C1CCC(CN)O1. The lowest BCUT2D eigenvalue weighted by atomic mass is 10.2. The highest BCUT2D eigenvalue weighted by Gasteiger charge is 2.29. The summed E-state index contributed by atoms with van der Waals surface area (Å²) in [6.45, 7) is 4.50. The van der Waals surface area contributed by atoms with Crippen LogP contribution in [0.4, 0.5) is 0 Å². The molecule has 1 aliphatic rings. The zero-order valence-corrected chi connectivity index (χ0v) is 10.6. The summed E-state index contributed by atoms with van der Waals surface area (Å²) in [6.07, 6.45) is 3.57. The van der Waals surface area contributed by atoms with Crippen LogP contribution in [0.1, 0.15) is 32.6 Å². The summed E-state index contributed by atoms with van der Waals surface area (Å²) >= 11 is 0. The van der Waals surface area contributed by atoms with Gasteiger partial charge in [-0.2, -0.15) is 0 Å². The van der Waals surface area contributed by atoms with E-state index in [0.717, 1.165) is 32.3 Å². The Kier molecular flexibility index (Phi) is 7.16. The zero-order valence-electron chi connectivity index (χ0n) is 10.6. The van der Waals surface area contributed by atoms with Gasteiger partial charge in [-0.3, -0.25) is 4.79 Å². The molecule has 0 aromatic rings. The summed E-state index contributed by atoms with van der Waals surface area (Å²) in [7, 11) is 0. The molecule has 0 aromatic carbocycles. The van der Waals surface area contributed by atoms with E-state index < -0.39 is 0 Å². The molecule has 1 rings (SSSR count). The molecular weight excluding hydrogens is 220 g/mol. The zero-order chi connectivity index (χ0) is 12.5. The summed E-state index contributed by atoms with van der Waals surface area (Å²) in [6, 6.07) is 0. The minimum absolute atomic E-state index is 0.0416. The van der Waals surface area contributed by atoms with Crippen molar-refractivity contribution < 1.29 is 14.3 Å². The quantitative estimate of drug-likeness (QED) is 0.607. The maximum atomic E-state index is 11.7. The van der Waals surface area contributed by atoms with Crippen molar-refractivity contribution in [3.63, 3.8) is 0 Å². The van der Waals surface area contributed by atoms with Crippen LogP contribution in [0.25, 0.3) is 0 Å². The lowest BCUT2D eigenvalue weighted by molar-refractivity contribution is -0.132. The van der Waals surface area contributed by atoms with E-state index >= 15 is 0 Å². The maximum Gasteiger partial charge on any atom is 0.249 e. The molecule has 5 heteroatoms. The first kappa shape index (κ1) is 14.4. The van der Waals surface area contributed by atoms with E-state index in [2.05, 4.69) is 12.2 Å². The summed E-state index contributed by atoms with van der Waals surface area (Å²) < 4.78 is 10.8. The number of amides is 1. The predicted octanol–water partition coefficient (Wildman–Crippen LogP) is 0.426. The third-order valence-electron chi connectivity index (χ3n) is 2.85. The molecule has 0 spiro atoms. The number of unbranched alkanes of at least 4 members (excludes halogenated alkanes) is 1. The minimum atomic E-state index is -0.320. The van der Waals surface area contributed by atoms with Crippen LogP contribution in [0, 0.1) is 0 Å². The van der Waals surface area contributed by atoms with Crippen molar-refractivity contribution in [3.8, 4) is 0 Å². The lowest BCUT2D eigenvalue weighted by Crippen LogP contribution is -2.37. The van der Waals surface area contributed by atoms with Gasteiger partial charge < -0.3 is 20.5 Å². The fourth-order valence-electron chi connectivity index (χ4n) is 1.78. The average Bonchev–Trinajstić information content (AvgIpc) is 2.82. The normalized spacial score (nSPS) is 23.9. The molecule has 2 unspecified atom stereocenters. The number of carbonyl (C=O) groups excluding carboxylic acids is 1. The Balaban J connectivity index is 2.01. The molecule has 17 heavy (non-hydrogen) atoms. The molecule has 0 aromatic heterocycles. The Morgan fingerprint density at radius 3 is 2.94 bits per heavy atom. The molecule has 1 saturated heterocycles. The van der Waals surface area contributed by atoms with E-state index in [1.807, 2.05) is 0 Å². The molecule has 0 bridgehead atoms. The van der Waals surface area contributed by atoms with Crippen LogP contribution in [0.15, 0.2) is 0 Å². The molecule has 2 atom stereocenters. The van der Waals surface area contributed by atoms with Gasteiger partial charge in [-0.15, -0.1) is 0 Å². The van der Waals surface area contributed by atoms with Crippen LogP contribution >= 0.6 is 0 Å². The van der Waals surface area contributed by atoms with Crippen molar-refractivity contribution in [2.24, 2.45) is 5.73 Å². The number of nitrogens with two attached hydrogens (primary N) is 1. The van der Waals surface area contributed by atoms with Gasteiger partial charge in [0.25, 0.3) is 0 Å². The van der Waals surface area contributed by atoms with Crippen molar-refractivity contribution in [2.45, 2.75) is 44.8 Å². The smallest absolute Gasteiger partial charge is 0.249 e. The van der Waals surface area contributed by atoms with Crippen molar-refractivity contribution >= 4 is 5.91 Å². The topological polar surface area (TPSA) is 73.6 Å². The van der Waals surface area contributed by atoms with E-state index in [-0.39, 0.29) is 18.1 Å². The monoisotopic (exact) mass is 244 g/mol. The Morgan fingerprint density at radius 1 is 1.47 bits per heavy atom. The van der Waals surface area contributed by atoms with E-state index in [0.29, 0.717) is 19.7 Å². The Labute approximate surface area is 103 Å². The maximum absolute atomic E-state index is 11.7. The first-order valence-corrected chi connectivity index (χ1v) is 6.49. The molecule has 5 nitrogen and oxygen atoms in total. The first-order valence-electron chi connectivity index (χ1n) is 6.49. The molecule has 3 N–H and O–H groups in total. The van der Waals surface area contributed by atoms with Crippen molar-refractivity contribution in [3.05, 3.63) is 0 Å². The van der Waals surface area contributed by atoms with Crippen LogP contribution in [-0.2, 0) is 14.3 Å². The number of carbonyl (C=O) groups is 1. The van der Waals surface area contributed by atoms with Gasteiger partial charge >= 0.3 is 0 Å². The van der Waals surface area contributed by atoms with Gasteiger partial charge in [0.2, 0.25) is 5.91 Å². The van der Waals surface area contributed by atoms with Crippen LogP contribution in [0.2, 0.25) is 0 Å². The summed E-state index contributed by atoms with van der Waals surface area (Å²) in [4.78, 5) is 11.7. The van der Waals surface area contributed by atoms with Gasteiger partial charge in [-0.1, -0.05) is 13.3 Å². The molecule has 0 aliphatic carbocycles. The molecule has 0 radical (unpaired) electrons. The van der Waals surface area contributed by atoms with E-state index in [1.54, 1.807) is 0 Å². The second-order valence-corrected chi connectivity index (χ2v) is 4.32. The number of hydrogen-bond donors (Lipinski definition) is 2. The fraction of sp³-hybridized carbons (Fsp3) is 0.917. The highest BCUT2D eigenvalue weighted by molar-refractivity contribution is 5.80. The van der Waals surface area contributed by atoms with Gasteiger partial charge in [-0.25, -0.2) is 0 Å². The Bertz CT molecular complexity index is 224. The Hall–Kier alpha value is -0.650. The predicted molar refractivity (Wildman–Crippen MR) is 65.7 cm³/mol. The molecule has 1 aliphatic heterocycles. The van der Waals surface area contributed by atoms with Gasteiger partial charge in [0.15, 0.2) is 0 Å². The number of ether oxygens (including phenoxy) is 2. The molecule has 0 saturated carbocycles. The average molecular weight is 244 g/mol. The molecule has 100 valence electrons. The highest BCUT2D eigenvalue weighted by atomic mass is 16.5. The molecule has 1 heterocycles. The minimum Gasteiger partial charge on any atom is -0.380 e. The summed E-state index contributed by atoms with van der Waals surface area (Å²) in [5.74, 6) is -0.0416. The van der Waals surface area contributed by atoms with Crippen LogP contribution in [0.3, 0.4) is 0 Å². The third-order valence-corrected chi connectivity index (χ3v) is 2.85. The van der Waals surface area contributed by atoms with Crippen molar-refractivity contribution in [2.75, 3.05) is 26.3 Å². The largest absolute Gasteiger partial charge is 0.380 e. The molecule has 1 fully saturated rings. The second-order valence-electron chi connectivity index (χ2n) is 4.32.